The molecule has 6 heteroatoms. The highest BCUT2D eigenvalue weighted by molar-refractivity contribution is 5.76. The maximum atomic E-state index is 9.94. The average Bonchev–Trinajstić information content (AvgIpc) is 1.63. The number of carbonyl (C=O) groups is 1. The Labute approximate surface area is 52.1 Å². The van der Waals surface area contributed by atoms with Crippen molar-refractivity contribution in [2.75, 3.05) is 6.67 Å². The van der Waals surface area contributed by atoms with Gasteiger partial charge in [-0.05, 0) is 0 Å². The summed E-state index contributed by atoms with van der Waals surface area (Å²) in [5.41, 5.74) is 14.5. The molecule has 0 aromatic rings. The molecule has 0 aliphatic carbocycles. The van der Waals surface area contributed by atoms with Gasteiger partial charge in [0, 0.05) is 0 Å². The number of urea groups is 1. The third kappa shape index (κ3) is 6.54. The van der Waals surface area contributed by atoms with Crippen molar-refractivity contribution in [3.8, 4) is 0 Å². The third-order valence-electron chi connectivity index (χ3n) is 0.515. The van der Waals surface area contributed by atoms with Gasteiger partial charge in [-0.15, -0.1) is 0 Å². The number of primary amides is 1. The van der Waals surface area contributed by atoms with Gasteiger partial charge in [0.05, 0.1) is 0 Å². The number of nitrogens with zero attached hydrogens (tertiary/aromatic N) is 1. The number of hydrogen-bond donors (Lipinski definition) is 4. The van der Waals surface area contributed by atoms with Crippen LogP contribution >= 0.6 is 0 Å². The molecule has 0 radical (unpaired) electrons. The van der Waals surface area contributed by atoms with Crippen molar-refractivity contribution >= 4 is 12.0 Å². The predicted molar refractivity (Wildman–Crippen MR) is 33.4 cm³/mol. The number of aliphatic imine (C=N–C) groups is 1. The van der Waals surface area contributed by atoms with Crippen molar-refractivity contribution in [2.24, 2.45) is 22.2 Å². The van der Waals surface area contributed by atoms with E-state index in [-0.39, 0.29) is 12.6 Å². The summed E-state index contributed by atoms with van der Waals surface area (Å²) in [5.74, 6) is -0.0799. The van der Waals surface area contributed by atoms with Crippen molar-refractivity contribution < 1.29 is 4.79 Å². The van der Waals surface area contributed by atoms with Gasteiger partial charge in [-0.2, -0.15) is 0 Å². The fourth-order valence-electron chi connectivity index (χ4n) is 0.209. The van der Waals surface area contributed by atoms with Gasteiger partial charge in [0.25, 0.3) is 0 Å². The fraction of sp³-hybridized carbons (Fsp3) is 0.333. The number of nitrogens with two attached hydrogens (primary N) is 3. The summed E-state index contributed by atoms with van der Waals surface area (Å²) in [4.78, 5) is 13.4. The van der Waals surface area contributed by atoms with E-state index in [1.54, 1.807) is 0 Å². The minimum absolute atomic E-state index is 0.0255. The largest absolute Gasteiger partial charge is 0.370 e. The molecule has 0 bridgehead atoms. The Morgan fingerprint density at radius 3 is 2.33 bits per heavy atom. The van der Waals surface area contributed by atoms with Gasteiger partial charge < -0.3 is 22.5 Å². The van der Waals surface area contributed by atoms with Crippen LogP contribution in [0.15, 0.2) is 4.99 Å². The minimum Gasteiger partial charge on any atom is -0.370 e. The van der Waals surface area contributed by atoms with E-state index in [9.17, 15) is 4.79 Å². The van der Waals surface area contributed by atoms with Gasteiger partial charge in [-0.25, -0.2) is 9.79 Å². The Kier molecular flexibility index (Phi) is 2.96. The summed E-state index contributed by atoms with van der Waals surface area (Å²) in [6.07, 6.45) is 0. The van der Waals surface area contributed by atoms with E-state index in [1.165, 1.54) is 0 Å². The lowest BCUT2D eigenvalue weighted by molar-refractivity contribution is 0.249. The van der Waals surface area contributed by atoms with Crippen molar-refractivity contribution in [1.29, 1.82) is 0 Å². The molecular weight excluding hydrogens is 122 g/mol. The molecule has 0 aromatic heterocycles. The molecule has 7 N–H and O–H groups in total. The molecule has 0 saturated carbocycles. The summed E-state index contributed by atoms with van der Waals surface area (Å²) >= 11 is 0. The second-order valence-corrected chi connectivity index (χ2v) is 1.28. The fourth-order valence-corrected chi connectivity index (χ4v) is 0.209. The summed E-state index contributed by atoms with van der Waals surface area (Å²) in [7, 11) is 0. The van der Waals surface area contributed by atoms with Crippen molar-refractivity contribution in [3.63, 3.8) is 0 Å². The van der Waals surface area contributed by atoms with E-state index in [1.807, 2.05) is 0 Å². The van der Waals surface area contributed by atoms with Gasteiger partial charge in [-0.1, -0.05) is 0 Å². The van der Waals surface area contributed by atoms with Crippen LogP contribution in [0.1, 0.15) is 0 Å². The molecule has 0 aliphatic heterocycles. The molecule has 0 aliphatic rings. The molecular formula is C3H9N5O. The van der Waals surface area contributed by atoms with Crippen LogP contribution in [0.2, 0.25) is 0 Å². The van der Waals surface area contributed by atoms with Gasteiger partial charge in [0.15, 0.2) is 5.96 Å². The van der Waals surface area contributed by atoms with E-state index in [0.29, 0.717) is 0 Å². The maximum absolute atomic E-state index is 9.94. The molecule has 0 unspecified atom stereocenters. The van der Waals surface area contributed by atoms with Crippen LogP contribution in [-0.4, -0.2) is 18.7 Å². The van der Waals surface area contributed by atoms with Crippen LogP contribution in [-0.2, 0) is 0 Å². The van der Waals surface area contributed by atoms with E-state index in [2.05, 4.69) is 16.0 Å². The highest BCUT2D eigenvalue weighted by Crippen LogP contribution is 1.60. The summed E-state index contributed by atoms with van der Waals surface area (Å²) in [6.45, 7) is 0.0255. The lowest BCUT2D eigenvalue weighted by atomic mass is 10.9. The zero-order valence-corrected chi connectivity index (χ0v) is 4.79. The molecule has 0 fully saturated rings. The van der Waals surface area contributed by atoms with Gasteiger partial charge in [0.1, 0.15) is 6.67 Å². The van der Waals surface area contributed by atoms with Crippen LogP contribution in [0.5, 0.6) is 0 Å². The normalized spacial score (nSPS) is 8.00. The number of nitrogens with one attached hydrogen (secondary N) is 1. The Hall–Kier alpha value is -1.46. The highest BCUT2D eigenvalue weighted by Gasteiger charge is 1.85. The first-order valence-electron chi connectivity index (χ1n) is 2.21. The first-order valence-corrected chi connectivity index (χ1v) is 2.21. The standard InChI is InChI=1S/C3H9N5O/c4-2(5)7-1-8-3(6)9/h1H2,(H4,4,5,7)(H3,6,8,9). The van der Waals surface area contributed by atoms with Crippen molar-refractivity contribution in [1.82, 2.24) is 5.32 Å². The third-order valence-corrected chi connectivity index (χ3v) is 0.515. The quantitative estimate of drug-likeness (QED) is 0.253. The average molecular weight is 131 g/mol. The van der Waals surface area contributed by atoms with Gasteiger partial charge in [0.2, 0.25) is 0 Å². The van der Waals surface area contributed by atoms with Gasteiger partial charge in [-0.3, -0.25) is 0 Å². The monoisotopic (exact) mass is 131 g/mol. The number of hydrogen-bond acceptors (Lipinski definition) is 2. The van der Waals surface area contributed by atoms with Crippen LogP contribution < -0.4 is 22.5 Å². The summed E-state index contributed by atoms with van der Waals surface area (Å²) in [5, 5.41) is 2.17. The molecule has 0 aromatic carbocycles. The molecule has 0 heterocycles. The zero-order valence-electron chi connectivity index (χ0n) is 4.79. The molecule has 0 rings (SSSR count). The Morgan fingerprint density at radius 1 is 1.44 bits per heavy atom. The zero-order chi connectivity index (χ0) is 7.28. The van der Waals surface area contributed by atoms with Crippen LogP contribution in [0.4, 0.5) is 4.79 Å². The summed E-state index contributed by atoms with van der Waals surface area (Å²) < 4.78 is 0. The smallest absolute Gasteiger partial charge is 0.313 e. The Bertz CT molecular complexity index is 126. The van der Waals surface area contributed by atoms with Crippen molar-refractivity contribution in [2.45, 2.75) is 0 Å². The van der Waals surface area contributed by atoms with Gasteiger partial charge >= 0.3 is 6.03 Å². The first kappa shape index (κ1) is 7.54. The first-order chi connectivity index (χ1) is 4.13. The molecule has 0 atom stereocenters. The molecule has 9 heavy (non-hydrogen) atoms. The molecule has 52 valence electrons. The van der Waals surface area contributed by atoms with E-state index >= 15 is 0 Å². The second-order valence-electron chi connectivity index (χ2n) is 1.28. The number of rotatable bonds is 2. The molecule has 2 amide bonds. The SMILES string of the molecule is NC(=O)NCN=C(N)N. The lowest BCUT2D eigenvalue weighted by Crippen LogP contribution is -2.32. The van der Waals surface area contributed by atoms with E-state index < -0.39 is 6.03 Å². The molecule has 0 spiro atoms. The Morgan fingerprint density at radius 2 is 2.00 bits per heavy atom. The lowest BCUT2D eigenvalue weighted by Gasteiger charge is -1.94. The van der Waals surface area contributed by atoms with Crippen LogP contribution in [0, 0.1) is 0 Å². The second kappa shape index (κ2) is 3.53. The number of guanidine groups is 1. The van der Waals surface area contributed by atoms with Crippen LogP contribution in [0.3, 0.4) is 0 Å². The highest BCUT2D eigenvalue weighted by atomic mass is 16.2. The van der Waals surface area contributed by atoms with Crippen molar-refractivity contribution in [3.05, 3.63) is 0 Å². The molecule has 0 saturated heterocycles. The predicted octanol–water partition coefficient (Wildman–Crippen LogP) is -2.11. The summed E-state index contributed by atoms with van der Waals surface area (Å²) in [6, 6.07) is -0.653. The Balaban J connectivity index is 3.31. The van der Waals surface area contributed by atoms with E-state index in [0.717, 1.165) is 0 Å². The van der Waals surface area contributed by atoms with E-state index in [4.69, 9.17) is 11.5 Å². The maximum Gasteiger partial charge on any atom is 0.313 e. The molecule has 6 nitrogen and oxygen atoms in total. The topological polar surface area (TPSA) is 120 Å². The number of amides is 2. The minimum atomic E-state index is -0.653. The number of carbonyl (C=O) groups excluding carboxylic acids is 1. The van der Waals surface area contributed by atoms with Crippen LogP contribution in [0.25, 0.3) is 0 Å².